The Bertz CT molecular complexity index is 1400. The van der Waals surface area contributed by atoms with Gasteiger partial charge in [0.05, 0.1) is 16.8 Å². The van der Waals surface area contributed by atoms with E-state index in [0.717, 1.165) is 22.3 Å². The monoisotopic (exact) mass is 479 g/mol. The van der Waals surface area contributed by atoms with Crippen molar-refractivity contribution in [1.29, 1.82) is 0 Å². The molecule has 36 heavy (non-hydrogen) atoms. The Morgan fingerprint density at radius 3 is 1.78 bits per heavy atom. The number of rotatable bonds is 9. The lowest BCUT2D eigenvalue weighted by atomic mass is 9.63. The number of aryl methyl sites for hydroxylation is 1. The van der Waals surface area contributed by atoms with E-state index in [1.54, 1.807) is 37.4 Å². The van der Waals surface area contributed by atoms with Crippen molar-refractivity contribution in [1.82, 2.24) is 0 Å². The Labute approximate surface area is 210 Å². The van der Waals surface area contributed by atoms with E-state index in [2.05, 4.69) is 28.1 Å². The minimum atomic E-state index is -1.01. The van der Waals surface area contributed by atoms with Gasteiger partial charge in [-0.25, -0.2) is 9.59 Å². The van der Waals surface area contributed by atoms with Gasteiger partial charge in [-0.1, -0.05) is 52.9 Å². The molecule has 8 heteroatoms. The summed E-state index contributed by atoms with van der Waals surface area (Å²) in [5.74, 6) is -2.01. The summed E-state index contributed by atoms with van der Waals surface area (Å²) >= 11 is 0. The first-order valence-electron chi connectivity index (χ1n) is 11.4. The highest BCUT2D eigenvalue weighted by atomic mass is 16.4. The average molecular weight is 479 g/mol. The second kappa shape index (κ2) is 10.7. The first kappa shape index (κ1) is 24.4. The largest absolute Gasteiger partial charge is 0.478 e. The van der Waals surface area contributed by atoms with E-state index in [-0.39, 0.29) is 11.1 Å². The van der Waals surface area contributed by atoms with Crippen LogP contribution in [0.15, 0.2) is 84.9 Å². The van der Waals surface area contributed by atoms with Crippen LogP contribution in [0, 0.1) is 6.92 Å². The number of aromatic carboxylic acids is 2. The Kier molecular flexibility index (Phi) is 7.25. The van der Waals surface area contributed by atoms with Gasteiger partial charge in [-0.15, -0.1) is 0 Å². The van der Waals surface area contributed by atoms with Crippen molar-refractivity contribution < 1.29 is 19.8 Å². The lowest BCUT2D eigenvalue weighted by molar-refractivity contribution is 0.0687. The van der Waals surface area contributed by atoms with Gasteiger partial charge < -0.3 is 26.2 Å². The molecule has 0 heterocycles. The molecule has 0 saturated carbocycles. The minimum absolute atomic E-state index is 0.174. The van der Waals surface area contributed by atoms with Crippen LogP contribution in [-0.2, 0) is 0 Å². The van der Waals surface area contributed by atoms with E-state index in [1.807, 2.05) is 49.4 Å². The second-order valence-corrected chi connectivity index (χ2v) is 8.49. The van der Waals surface area contributed by atoms with E-state index in [0.29, 0.717) is 24.3 Å². The Morgan fingerprint density at radius 1 is 0.639 bits per heavy atom. The number of carboxylic acid groups (broad SMARTS) is 2. The molecule has 0 fully saturated rings. The third-order valence-corrected chi connectivity index (χ3v) is 5.82. The predicted octanol–water partition coefficient (Wildman–Crippen LogP) is 4.31. The summed E-state index contributed by atoms with van der Waals surface area (Å²) in [6, 6.07) is 26.0. The van der Waals surface area contributed by atoms with Crippen molar-refractivity contribution in [3.8, 4) is 0 Å². The maximum atomic E-state index is 11.9. The molecule has 0 unspecified atom stereocenters. The standard InChI is InChI=1S/C28H26BN3O4/c1-17-3-5-18(6-4-17)29-19-7-13-26(23(15-19)27(33)34)32-21-10-8-20(9-11-21)31-22-12-14-25(30-2)24(16-22)28(35)36/h3-16,29-32H,1-2H3,(H,33,34)(H,35,36). The van der Waals surface area contributed by atoms with Crippen LogP contribution >= 0.6 is 0 Å². The molecule has 5 N–H and O–H groups in total. The summed E-state index contributed by atoms with van der Waals surface area (Å²) in [7, 11) is 2.33. The summed E-state index contributed by atoms with van der Waals surface area (Å²) < 4.78 is 0. The molecule has 0 aliphatic heterocycles. The zero-order valence-electron chi connectivity index (χ0n) is 20.0. The first-order valence-corrected chi connectivity index (χ1v) is 11.4. The number of carbonyl (C=O) groups is 2. The van der Waals surface area contributed by atoms with Gasteiger partial charge in [0.15, 0.2) is 7.28 Å². The summed E-state index contributed by atoms with van der Waals surface area (Å²) in [5, 5.41) is 28.4. The number of carboxylic acids is 2. The van der Waals surface area contributed by atoms with E-state index in [4.69, 9.17) is 0 Å². The van der Waals surface area contributed by atoms with Crippen LogP contribution in [0.25, 0.3) is 0 Å². The van der Waals surface area contributed by atoms with Gasteiger partial charge in [-0.3, -0.25) is 0 Å². The van der Waals surface area contributed by atoms with Crippen molar-refractivity contribution in [2.45, 2.75) is 6.92 Å². The Hall–Kier alpha value is -4.72. The van der Waals surface area contributed by atoms with E-state index in [1.165, 1.54) is 5.56 Å². The van der Waals surface area contributed by atoms with E-state index in [9.17, 15) is 19.8 Å². The van der Waals surface area contributed by atoms with E-state index >= 15 is 0 Å². The summed E-state index contributed by atoms with van der Waals surface area (Å²) in [6.45, 7) is 2.03. The average Bonchev–Trinajstić information content (AvgIpc) is 2.87. The van der Waals surface area contributed by atoms with Crippen molar-refractivity contribution in [2.24, 2.45) is 0 Å². The number of benzene rings is 4. The molecule has 180 valence electrons. The first-order chi connectivity index (χ1) is 17.3. The molecule has 0 aromatic heterocycles. The van der Waals surface area contributed by atoms with Gasteiger partial charge in [0.1, 0.15) is 0 Å². The molecule has 7 nitrogen and oxygen atoms in total. The van der Waals surface area contributed by atoms with E-state index < -0.39 is 11.9 Å². The van der Waals surface area contributed by atoms with Gasteiger partial charge in [0.25, 0.3) is 0 Å². The summed E-state index contributed by atoms with van der Waals surface area (Å²) in [4.78, 5) is 23.4. The van der Waals surface area contributed by atoms with Gasteiger partial charge in [0, 0.05) is 29.8 Å². The van der Waals surface area contributed by atoms with Crippen molar-refractivity contribution in [3.05, 3.63) is 102 Å². The van der Waals surface area contributed by atoms with Crippen LogP contribution in [0.5, 0.6) is 0 Å². The highest BCUT2D eigenvalue weighted by Crippen LogP contribution is 2.26. The third-order valence-electron chi connectivity index (χ3n) is 5.82. The van der Waals surface area contributed by atoms with Gasteiger partial charge >= 0.3 is 11.9 Å². The molecule has 0 bridgehead atoms. The molecule has 0 aliphatic rings. The normalized spacial score (nSPS) is 10.4. The summed E-state index contributed by atoms with van der Waals surface area (Å²) in [6.07, 6.45) is 0. The quantitative estimate of drug-likeness (QED) is 0.228. The topological polar surface area (TPSA) is 111 Å². The highest BCUT2D eigenvalue weighted by molar-refractivity contribution is 6.67. The van der Waals surface area contributed by atoms with Crippen LogP contribution in [0.4, 0.5) is 28.4 Å². The fraction of sp³-hybridized carbons (Fsp3) is 0.0714. The van der Waals surface area contributed by atoms with Crippen LogP contribution in [0.3, 0.4) is 0 Å². The van der Waals surface area contributed by atoms with Crippen LogP contribution in [0.2, 0.25) is 0 Å². The SMILES string of the molecule is CNc1ccc(Nc2ccc(Nc3ccc(Bc4ccc(C)cc4)cc3C(=O)O)cc2)cc1C(=O)O. The lowest BCUT2D eigenvalue weighted by Gasteiger charge is -2.13. The second-order valence-electron chi connectivity index (χ2n) is 8.49. The molecule has 0 aliphatic carbocycles. The molecule has 4 aromatic carbocycles. The zero-order valence-corrected chi connectivity index (χ0v) is 20.0. The van der Waals surface area contributed by atoms with Crippen molar-refractivity contribution in [2.75, 3.05) is 23.0 Å². The lowest BCUT2D eigenvalue weighted by Crippen LogP contribution is -2.27. The molecule has 0 spiro atoms. The predicted molar refractivity (Wildman–Crippen MR) is 147 cm³/mol. The molecule has 0 radical (unpaired) electrons. The minimum Gasteiger partial charge on any atom is -0.478 e. The number of anilines is 5. The van der Waals surface area contributed by atoms with Crippen LogP contribution in [-0.4, -0.2) is 36.5 Å². The Morgan fingerprint density at radius 2 is 1.17 bits per heavy atom. The fourth-order valence-corrected chi connectivity index (χ4v) is 3.90. The fourth-order valence-electron chi connectivity index (χ4n) is 3.90. The molecular formula is C28H26BN3O4. The maximum absolute atomic E-state index is 11.9. The molecule has 0 amide bonds. The molecule has 0 atom stereocenters. The number of hydrogen-bond donors (Lipinski definition) is 5. The Balaban J connectivity index is 1.48. The van der Waals surface area contributed by atoms with Crippen molar-refractivity contribution in [3.63, 3.8) is 0 Å². The molecule has 4 rings (SSSR count). The molecule has 4 aromatic rings. The van der Waals surface area contributed by atoms with Crippen molar-refractivity contribution >= 4 is 58.6 Å². The zero-order chi connectivity index (χ0) is 25.7. The third kappa shape index (κ3) is 5.85. The van der Waals surface area contributed by atoms with Gasteiger partial charge in [0.2, 0.25) is 0 Å². The smallest absolute Gasteiger partial charge is 0.337 e. The van der Waals surface area contributed by atoms with Crippen LogP contribution < -0.4 is 26.9 Å². The van der Waals surface area contributed by atoms with Gasteiger partial charge in [-0.05, 0) is 55.5 Å². The highest BCUT2D eigenvalue weighted by Gasteiger charge is 2.13. The maximum Gasteiger partial charge on any atom is 0.337 e. The van der Waals surface area contributed by atoms with Crippen LogP contribution in [0.1, 0.15) is 26.3 Å². The van der Waals surface area contributed by atoms with Gasteiger partial charge in [-0.2, -0.15) is 0 Å². The number of nitrogens with one attached hydrogen (secondary N) is 3. The number of hydrogen-bond acceptors (Lipinski definition) is 5. The molecule has 0 saturated heterocycles. The summed E-state index contributed by atoms with van der Waals surface area (Å²) in [5.41, 5.74) is 6.78. The molecular weight excluding hydrogens is 453 g/mol.